The van der Waals surface area contributed by atoms with Crippen molar-refractivity contribution in [2.75, 3.05) is 45.9 Å². The number of hydrogen-bond acceptors (Lipinski definition) is 7. The highest BCUT2D eigenvalue weighted by atomic mass is 16.5. The molecule has 0 radical (unpaired) electrons. The molecule has 0 saturated carbocycles. The number of rotatable bonds is 5. The van der Waals surface area contributed by atoms with Gasteiger partial charge in [0.25, 0.3) is 5.91 Å². The molecule has 3 heterocycles. The number of methoxy groups -OCH3 is 3. The molecule has 8 heteroatoms. The number of carbonyl (C=O) groups excluding carboxylic acids is 1. The lowest BCUT2D eigenvalue weighted by molar-refractivity contribution is 0.0711. The van der Waals surface area contributed by atoms with Gasteiger partial charge >= 0.3 is 0 Å². The molecule has 1 aromatic carbocycles. The van der Waals surface area contributed by atoms with Crippen LogP contribution in [0.5, 0.6) is 17.2 Å². The average molecular weight is 398 g/mol. The molecule has 1 amide bonds. The third kappa shape index (κ3) is 3.54. The predicted molar refractivity (Wildman–Crippen MR) is 108 cm³/mol. The molecule has 2 saturated heterocycles. The Morgan fingerprint density at radius 3 is 2.28 bits per heavy atom. The highest BCUT2D eigenvalue weighted by Crippen LogP contribution is 2.40. The maximum atomic E-state index is 13.4. The fourth-order valence-electron chi connectivity index (χ4n) is 4.40. The van der Waals surface area contributed by atoms with E-state index >= 15 is 0 Å². The van der Waals surface area contributed by atoms with E-state index in [0.717, 1.165) is 38.4 Å². The molecule has 0 aliphatic carbocycles. The van der Waals surface area contributed by atoms with E-state index < -0.39 is 0 Å². The van der Waals surface area contributed by atoms with Crippen LogP contribution in [0.25, 0.3) is 0 Å². The minimum Gasteiger partial charge on any atom is -0.493 e. The minimum absolute atomic E-state index is 0.0208. The van der Waals surface area contributed by atoms with Gasteiger partial charge in [-0.3, -0.25) is 4.79 Å². The molecular formula is C21H26N4O4. The van der Waals surface area contributed by atoms with Crippen molar-refractivity contribution >= 4 is 11.9 Å². The van der Waals surface area contributed by atoms with Gasteiger partial charge in [0.2, 0.25) is 11.7 Å². The number of carbonyl (C=O) groups is 1. The number of aromatic nitrogens is 2. The third-order valence-electron chi connectivity index (χ3n) is 5.87. The summed E-state index contributed by atoms with van der Waals surface area (Å²) in [5.41, 5.74) is 0.535. The van der Waals surface area contributed by atoms with Crippen molar-refractivity contribution in [3.63, 3.8) is 0 Å². The van der Waals surface area contributed by atoms with Gasteiger partial charge in [0.1, 0.15) is 0 Å². The minimum atomic E-state index is -0.0208. The first-order valence-electron chi connectivity index (χ1n) is 9.79. The lowest BCUT2D eigenvalue weighted by Crippen LogP contribution is -2.50. The summed E-state index contributed by atoms with van der Waals surface area (Å²) in [7, 11) is 4.65. The molecule has 29 heavy (non-hydrogen) atoms. The van der Waals surface area contributed by atoms with Gasteiger partial charge in [0.15, 0.2) is 11.5 Å². The van der Waals surface area contributed by atoms with Crippen molar-refractivity contribution in [2.45, 2.75) is 18.9 Å². The van der Waals surface area contributed by atoms with Crippen molar-refractivity contribution in [1.82, 2.24) is 14.9 Å². The van der Waals surface area contributed by atoms with Crippen molar-refractivity contribution in [3.05, 3.63) is 36.2 Å². The lowest BCUT2D eigenvalue weighted by atomic mass is 9.92. The van der Waals surface area contributed by atoms with E-state index in [1.54, 1.807) is 45.9 Å². The summed E-state index contributed by atoms with van der Waals surface area (Å²) in [6.07, 6.45) is 5.55. The number of benzene rings is 1. The molecule has 0 bridgehead atoms. The summed E-state index contributed by atoms with van der Waals surface area (Å²) in [6, 6.07) is 5.39. The number of likely N-dealkylation sites (tertiary alicyclic amines) is 1. The van der Waals surface area contributed by atoms with Gasteiger partial charge in [-0.25, -0.2) is 9.97 Å². The number of anilines is 1. The molecule has 4 rings (SSSR count). The summed E-state index contributed by atoms with van der Waals surface area (Å²) < 4.78 is 16.2. The number of ether oxygens (including phenoxy) is 3. The fraction of sp³-hybridized carbons (Fsp3) is 0.476. The predicted octanol–water partition coefficient (Wildman–Crippen LogP) is 2.24. The van der Waals surface area contributed by atoms with Crippen LogP contribution >= 0.6 is 0 Å². The van der Waals surface area contributed by atoms with Gasteiger partial charge in [-0.05, 0) is 37.0 Å². The van der Waals surface area contributed by atoms with Crippen molar-refractivity contribution in [2.24, 2.45) is 5.92 Å². The Kier molecular flexibility index (Phi) is 5.42. The van der Waals surface area contributed by atoms with Gasteiger partial charge in [0.05, 0.1) is 27.4 Å². The number of hydrogen-bond donors (Lipinski definition) is 0. The highest BCUT2D eigenvalue weighted by molar-refractivity contribution is 5.96. The standard InChI is InChI=1S/C21H26N4O4/c1-27-17-11-15(12-18(28-2)19(17)29-3)20(26)25-10-6-14-5-9-24(13-16(14)25)21-22-7-4-8-23-21/h4,7-8,11-12,14,16H,5-6,9-10,13H2,1-3H3. The Balaban J connectivity index is 1.59. The van der Waals surface area contributed by atoms with Crippen molar-refractivity contribution in [1.29, 1.82) is 0 Å². The van der Waals surface area contributed by atoms with Gasteiger partial charge in [-0.15, -0.1) is 0 Å². The summed E-state index contributed by atoms with van der Waals surface area (Å²) >= 11 is 0. The van der Waals surface area contributed by atoms with Crippen molar-refractivity contribution in [3.8, 4) is 17.2 Å². The molecule has 0 N–H and O–H groups in total. The number of piperidine rings is 1. The average Bonchev–Trinajstić information content (AvgIpc) is 3.21. The first-order chi connectivity index (χ1) is 14.2. The Bertz CT molecular complexity index is 851. The molecule has 1 aromatic heterocycles. The van der Waals surface area contributed by atoms with Crippen LogP contribution in [0.1, 0.15) is 23.2 Å². The first kappa shape index (κ1) is 19.3. The smallest absolute Gasteiger partial charge is 0.254 e. The van der Waals surface area contributed by atoms with Crippen LogP contribution in [0.3, 0.4) is 0 Å². The molecule has 2 aliphatic heterocycles. The number of fused-ring (bicyclic) bond motifs is 1. The summed E-state index contributed by atoms with van der Waals surface area (Å²) in [4.78, 5) is 26.3. The maximum Gasteiger partial charge on any atom is 0.254 e. The summed E-state index contributed by atoms with van der Waals surface area (Å²) in [5.74, 6) is 2.64. The third-order valence-corrected chi connectivity index (χ3v) is 5.87. The van der Waals surface area contributed by atoms with Crippen LogP contribution in [0, 0.1) is 5.92 Å². The second kappa shape index (κ2) is 8.14. The SMILES string of the molecule is COc1cc(C(=O)N2CCC3CCN(c4ncccn4)CC32)cc(OC)c1OC. The van der Waals surface area contributed by atoms with Gasteiger partial charge in [-0.1, -0.05) is 0 Å². The second-order valence-electron chi connectivity index (χ2n) is 7.31. The zero-order valence-electron chi connectivity index (χ0n) is 17.0. The van der Waals surface area contributed by atoms with E-state index in [9.17, 15) is 4.79 Å². The number of amides is 1. The van der Waals surface area contributed by atoms with Gasteiger partial charge in [-0.2, -0.15) is 0 Å². The van der Waals surface area contributed by atoms with E-state index in [0.29, 0.717) is 28.7 Å². The Morgan fingerprint density at radius 2 is 1.66 bits per heavy atom. The van der Waals surface area contributed by atoms with Gasteiger partial charge < -0.3 is 24.0 Å². The number of nitrogens with zero attached hydrogens (tertiary/aromatic N) is 4. The molecule has 2 aromatic rings. The van der Waals surface area contributed by atoms with E-state index in [-0.39, 0.29) is 11.9 Å². The maximum absolute atomic E-state index is 13.4. The van der Waals surface area contributed by atoms with E-state index in [4.69, 9.17) is 14.2 Å². The zero-order chi connectivity index (χ0) is 20.4. The van der Waals surface area contributed by atoms with E-state index in [1.165, 1.54) is 0 Å². The first-order valence-corrected chi connectivity index (χ1v) is 9.79. The molecular weight excluding hydrogens is 372 g/mol. The normalized spacial score (nSPS) is 20.9. The van der Waals surface area contributed by atoms with Crippen LogP contribution in [0.4, 0.5) is 5.95 Å². The summed E-state index contributed by atoms with van der Waals surface area (Å²) in [5, 5.41) is 0. The molecule has 2 atom stereocenters. The fourth-order valence-corrected chi connectivity index (χ4v) is 4.40. The van der Waals surface area contributed by atoms with E-state index in [1.807, 2.05) is 11.0 Å². The molecule has 0 spiro atoms. The quantitative estimate of drug-likeness (QED) is 0.764. The van der Waals surface area contributed by atoms with Crippen LogP contribution in [-0.4, -0.2) is 67.8 Å². The zero-order valence-corrected chi connectivity index (χ0v) is 17.0. The molecule has 154 valence electrons. The highest BCUT2D eigenvalue weighted by Gasteiger charge is 2.41. The molecule has 2 fully saturated rings. The van der Waals surface area contributed by atoms with Gasteiger partial charge in [0, 0.05) is 37.6 Å². The van der Waals surface area contributed by atoms with Crippen molar-refractivity contribution < 1.29 is 19.0 Å². The monoisotopic (exact) mass is 398 g/mol. The molecule has 2 aliphatic rings. The lowest BCUT2D eigenvalue weighted by Gasteiger charge is -2.38. The Hall–Kier alpha value is -3.03. The van der Waals surface area contributed by atoms with Crippen LogP contribution in [0.2, 0.25) is 0 Å². The Morgan fingerprint density at radius 1 is 1.00 bits per heavy atom. The molecule has 2 unspecified atom stereocenters. The van der Waals surface area contributed by atoms with Crippen LogP contribution in [0.15, 0.2) is 30.6 Å². The summed E-state index contributed by atoms with van der Waals surface area (Å²) in [6.45, 7) is 2.40. The topological polar surface area (TPSA) is 77.0 Å². The largest absolute Gasteiger partial charge is 0.493 e. The van der Waals surface area contributed by atoms with E-state index in [2.05, 4.69) is 14.9 Å². The van der Waals surface area contributed by atoms with Crippen LogP contribution < -0.4 is 19.1 Å². The Labute approximate surface area is 170 Å². The second-order valence-corrected chi connectivity index (χ2v) is 7.31. The molecule has 8 nitrogen and oxygen atoms in total. The van der Waals surface area contributed by atoms with Crippen LogP contribution in [-0.2, 0) is 0 Å².